The summed E-state index contributed by atoms with van der Waals surface area (Å²) in [6, 6.07) is 0. The number of ketones is 1. The molecular weight excluding hydrogens is 412 g/mol. The predicted molar refractivity (Wildman–Crippen MR) is 128 cm³/mol. The highest BCUT2D eigenvalue weighted by Crippen LogP contribution is 2.66. The summed E-state index contributed by atoms with van der Waals surface area (Å²) in [4.78, 5) is 30.1. The maximum Gasteiger partial charge on any atom is 0.410 e. The van der Waals surface area contributed by atoms with Gasteiger partial charge in [-0.05, 0) is 106 Å². The fourth-order valence-electron chi connectivity index (χ4n) is 9.63. The predicted octanol–water partition coefficient (Wildman–Crippen LogP) is 5.28. The SMILES string of the molecule is C[C@]12CC[C@@]3(C[C@@H]1CC[C@@H]1[C@@H]2CC[C@]2(C)C(=O)CC[C@@H]12)CN(CCN1CCCCC1)C(=O)O3. The summed E-state index contributed by atoms with van der Waals surface area (Å²) in [5, 5.41) is 0. The molecule has 33 heavy (non-hydrogen) atoms. The van der Waals surface area contributed by atoms with Crippen molar-refractivity contribution >= 4 is 11.9 Å². The minimum absolute atomic E-state index is 0.0317. The van der Waals surface area contributed by atoms with E-state index in [0.29, 0.717) is 23.0 Å². The second-order valence-electron chi connectivity index (χ2n) is 13.2. The van der Waals surface area contributed by atoms with Crippen LogP contribution in [0.4, 0.5) is 4.79 Å². The standard InChI is InChI=1S/C28H44N2O3/c1-26-12-13-28(19-30(25(32)33-28)17-16-29-14-4-3-5-15-29)18-20(26)6-7-21-22-8-9-24(31)27(22,2)11-10-23(21)26/h20-23H,3-19H2,1-2H3/t20-,21-,22-,23-,26-,27-,28+/m0/s1. The van der Waals surface area contributed by atoms with Crippen molar-refractivity contribution in [3.8, 4) is 0 Å². The van der Waals surface area contributed by atoms with Crippen LogP contribution in [0, 0.1) is 34.5 Å². The van der Waals surface area contributed by atoms with E-state index in [2.05, 4.69) is 18.7 Å². The van der Waals surface area contributed by atoms with E-state index in [4.69, 9.17) is 4.74 Å². The van der Waals surface area contributed by atoms with Gasteiger partial charge in [-0.25, -0.2) is 4.79 Å². The summed E-state index contributed by atoms with van der Waals surface area (Å²) in [5.74, 6) is 3.31. The van der Waals surface area contributed by atoms with E-state index >= 15 is 0 Å². The summed E-state index contributed by atoms with van der Waals surface area (Å²) in [5.41, 5.74) is 0.0767. The molecular formula is C28H44N2O3. The van der Waals surface area contributed by atoms with E-state index in [1.807, 2.05) is 4.90 Å². The number of likely N-dealkylation sites (tertiary alicyclic amines) is 1. The van der Waals surface area contributed by atoms with Crippen LogP contribution in [-0.4, -0.2) is 60.0 Å². The third-order valence-corrected chi connectivity index (χ3v) is 11.7. The molecule has 0 aromatic heterocycles. The lowest BCUT2D eigenvalue weighted by molar-refractivity contribution is -0.149. The highest BCUT2D eigenvalue weighted by Gasteiger charge is 2.62. The van der Waals surface area contributed by atoms with Crippen molar-refractivity contribution in [2.75, 3.05) is 32.7 Å². The summed E-state index contributed by atoms with van der Waals surface area (Å²) < 4.78 is 6.20. The first kappa shape index (κ1) is 22.4. The van der Waals surface area contributed by atoms with Crippen LogP contribution < -0.4 is 0 Å². The van der Waals surface area contributed by atoms with E-state index in [1.54, 1.807) is 0 Å². The smallest absolute Gasteiger partial charge is 0.410 e. The summed E-state index contributed by atoms with van der Waals surface area (Å²) in [6.07, 6.45) is 13.9. The molecule has 2 saturated heterocycles. The molecule has 7 atom stereocenters. The third-order valence-electron chi connectivity index (χ3n) is 11.7. The summed E-state index contributed by atoms with van der Waals surface area (Å²) in [7, 11) is 0. The highest BCUT2D eigenvalue weighted by molar-refractivity contribution is 5.87. The van der Waals surface area contributed by atoms with E-state index < -0.39 is 0 Å². The number of rotatable bonds is 3. The van der Waals surface area contributed by atoms with Gasteiger partial charge in [0.15, 0.2) is 0 Å². The van der Waals surface area contributed by atoms with Crippen molar-refractivity contribution in [2.24, 2.45) is 34.5 Å². The minimum Gasteiger partial charge on any atom is -0.441 e. The maximum absolute atomic E-state index is 12.8. The van der Waals surface area contributed by atoms with Crippen molar-refractivity contribution in [3.63, 3.8) is 0 Å². The van der Waals surface area contributed by atoms with Gasteiger partial charge < -0.3 is 14.5 Å². The number of Topliss-reactive ketones (excluding diaryl/α,β-unsaturated/α-hetero) is 1. The first-order valence-corrected chi connectivity index (χ1v) is 14.1. The number of hydrogen-bond acceptors (Lipinski definition) is 4. The molecule has 4 saturated carbocycles. The van der Waals surface area contributed by atoms with Gasteiger partial charge in [0.25, 0.3) is 0 Å². The Balaban J connectivity index is 1.12. The fraction of sp³-hybridized carbons (Fsp3) is 0.929. The quantitative estimate of drug-likeness (QED) is 0.580. The van der Waals surface area contributed by atoms with Crippen LogP contribution in [0.2, 0.25) is 0 Å². The molecule has 5 nitrogen and oxygen atoms in total. The first-order valence-electron chi connectivity index (χ1n) is 14.1. The Morgan fingerprint density at radius 1 is 0.909 bits per heavy atom. The lowest BCUT2D eigenvalue weighted by atomic mass is 9.44. The molecule has 6 rings (SSSR count). The van der Waals surface area contributed by atoms with Crippen LogP contribution in [0.1, 0.15) is 90.9 Å². The molecule has 0 bridgehead atoms. The van der Waals surface area contributed by atoms with Gasteiger partial charge in [-0.3, -0.25) is 4.79 Å². The van der Waals surface area contributed by atoms with Crippen molar-refractivity contribution in [1.82, 2.24) is 9.80 Å². The Labute approximate surface area is 200 Å². The van der Waals surface area contributed by atoms with E-state index in [-0.39, 0.29) is 17.1 Å². The second-order valence-corrected chi connectivity index (χ2v) is 13.2. The molecule has 2 aliphatic heterocycles. The second kappa shape index (κ2) is 7.96. The Bertz CT molecular complexity index is 809. The van der Waals surface area contributed by atoms with Crippen molar-refractivity contribution in [2.45, 2.75) is 96.5 Å². The Morgan fingerprint density at radius 3 is 2.55 bits per heavy atom. The van der Waals surface area contributed by atoms with Crippen LogP contribution >= 0.6 is 0 Å². The normalized spacial score (nSPS) is 47.9. The topological polar surface area (TPSA) is 49.9 Å². The Hall–Kier alpha value is -1.10. The van der Waals surface area contributed by atoms with Gasteiger partial charge in [-0.15, -0.1) is 0 Å². The van der Waals surface area contributed by atoms with Crippen LogP contribution in [0.5, 0.6) is 0 Å². The average molecular weight is 457 g/mol. The third kappa shape index (κ3) is 3.50. The van der Waals surface area contributed by atoms with E-state index in [1.165, 1.54) is 58.0 Å². The first-order chi connectivity index (χ1) is 15.8. The molecule has 4 aliphatic carbocycles. The fourth-order valence-corrected chi connectivity index (χ4v) is 9.63. The molecule has 0 N–H and O–H groups in total. The van der Waals surface area contributed by atoms with E-state index in [9.17, 15) is 9.59 Å². The Morgan fingerprint density at radius 2 is 1.73 bits per heavy atom. The molecule has 0 aromatic carbocycles. The number of carbonyl (C=O) groups excluding carboxylic acids is 2. The van der Waals surface area contributed by atoms with Crippen LogP contribution in [0.3, 0.4) is 0 Å². The lowest BCUT2D eigenvalue weighted by Gasteiger charge is -2.61. The Kier molecular flexibility index (Phi) is 5.40. The molecule has 5 heteroatoms. The van der Waals surface area contributed by atoms with Crippen LogP contribution in [-0.2, 0) is 9.53 Å². The van der Waals surface area contributed by atoms with Gasteiger partial charge in [-0.1, -0.05) is 20.3 Å². The van der Waals surface area contributed by atoms with Gasteiger partial charge >= 0.3 is 6.09 Å². The van der Waals surface area contributed by atoms with Crippen LogP contribution in [0.15, 0.2) is 0 Å². The van der Waals surface area contributed by atoms with Gasteiger partial charge in [0, 0.05) is 24.9 Å². The van der Waals surface area contributed by atoms with Crippen molar-refractivity contribution in [1.29, 1.82) is 0 Å². The molecule has 6 aliphatic rings. The average Bonchev–Trinajstić information content (AvgIpc) is 3.29. The summed E-state index contributed by atoms with van der Waals surface area (Å²) >= 11 is 0. The van der Waals surface area contributed by atoms with E-state index in [0.717, 1.165) is 63.6 Å². The molecule has 0 unspecified atom stereocenters. The largest absolute Gasteiger partial charge is 0.441 e. The highest BCUT2D eigenvalue weighted by atomic mass is 16.6. The zero-order valence-electron chi connectivity index (χ0n) is 20.9. The van der Waals surface area contributed by atoms with Crippen molar-refractivity contribution in [3.05, 3.63) is 0 Å². The van der Waals surface area contributed by atoms with Gasteiger partial charge in [0.1, 0.15) is 11.4 Å². The molecule has 1 spiro atoms. The minimum atomic E-state index is -0.248. The number of carbonyl (C=O) groups is 2. The molecule has 0 radical (unpaired) electrons. The maximum atomic E-state index is 12.8. The molecule has 1 amide bonds. The number of fused-ring (bicyclic) bond motifs is 5. The number of ether oxygens (including phenoxy) is 1. The molecule has 184 valence electrons. The van der Waals surface area contributed by atoms with Crippen LogP contribution in [0.25, 0.3) is 0 Å². The zero-order valence-corrected chi connectivity index (χ0v) is 20.9. The molecule has 2 heterocycles. The monoisotopic (exact) mass is 456 g/mol. The van der Waals surface area contributed by atoms with Gasteiger partial charge in [0.2, 0.25) is 0 Å². The number of amides is 1. The lowest BCUT2D eigenvalue weighted by Crippen LogP contribution is -2.56. The number of hydrogen-bond donors (Lipinski definition) is 0. The molecule has 0 aromatic rings. The van der Waals surface area contributed by atoms with Gasteiger partial charge in [-0.2, -0.15) is 0 Å². The summed E-state index contributed by atoms with van der Waals surface area (Å²) in [6.45, 7) is 9.83. The van der Waals surface area contributed by atoms with Crippen molar-refractivity contribution < 1.29 is 14.3 Å². The number of piperidine rings is 1. The van der Waals surface area contributed by atoms with Gasteiger partial charge in [0.05, 0.1) is 6.54 Å². The molecule has 6 fully saturated rings. The zero-order chi connectivity index (χ0) is 22.8. The number of nitrogens with zero attached hydrogens (tertiary/aromatic N) is 2.